The minimum atomic E-state index is -0.686. The molecule has 1 saturated heterocycles. The summed E-state index contributed by atoms with van der Waals surface area (Å²) in [6, 6.07) is 10.5. The van der Waals surface area contributed by atoms with Crippen molar-refractivity contribution < 1.29 is 18.3 Å². The summed E-state index contributed by atoms with van der Waals surface area (Å²) in [5.74, 6) is -1.64. The monoisotopic (exact) mass is 454 g/mol. The summed E-state index contributed by atoms with van der Waals surface area (Å²) in [5, 5.41) is 6.17. The van der Waals surface area contributed by atoms with E-state index in [1.807, 2.05) is 18.2 Å². The Morgan fingerprint density at radius 2 is 1.79 bits per heavy atom. The number of nitrogens with zero attached hydrogens (tertiary/aromatic N) is 2. The predicted octanol–water partition coefficient (Wildman–Crippen LogP) is 3.23. The van der Waals surface area contributed by atoms with Crippen molar-refractivity contribution in [3.05, 3.63) is 71.4 Å². The third-order valence-electron chi connectivity index (χ3n) is 5.25. The molecule has 0 unspecified atom stereocenters. The second-order valence-corrected chi connectivity index (χ2v) is 7.61. The molecule has 2 aromatic carbocycles. The number of nitrogen functional groups attached to an aromatic ring is 1. The van der Waals surface area contributed by atoms with E-state index < -0.39 is 17.5 Å². The van der Waals surface area contributed by atoms with Gasteiger partial charge in [0.25, 0.3) is 5.91 Å². The lowest BCUT2D eigenvalue weighted by atomic mass is 10.1. The first-order chi connectivity index (χ1) is 15.9. The summed E-state index contributed by atoms with van der Waals surface area (Å²) < 4.78 is 32.4. The highest BCUT2D eigenvalue weighted by molar-refractivity contribution is 5.98. The van der Waals surface area contributed by atoms with Crippen LogP contribution in [0.1, 0.15) is 15.9 Å². The van der Waals surface area contributed by atoms with Gasteiger partial charge < -0.3 is 31.7 Å². The van der Waals surface area contributed by atoms with Crippen LogP contribution < -0.4 is 27.0 Å². The van der Waals surface area contributed by atoms with Gasteiger partial charge in [-0.1, -0.05) is 0 Å². The number of hydrogen-bond donors (Lipinski definition) is 4. The van der Waals surface area contributed by atoms with Crippen LogP contribution >= 0.6 is 0 Å². The molecule has 1 aromatic heterocycles. The topological polar surface area (TPSA) is 119 Å². The van der Waals surface area contributed by atoms with E-state index in [1.165, 1.54) is 18.3 Å². The molecule has 10 heteroatoms. The van der Waals surface area contributed by atoms with Crippen LogP contribution in [0.3, 0.4) is 0 Å². The van der Waals surface area contributed by atoms with Crippen molar-refractivity contribution in [1.29, 1.82) is 0 Å². The molecule has 0 saturated carbocycles. The van der Waals surface area contributed by atoms with Gasteiger partial charge in [0.15, 0.2) is 0 Å². The van der Waals surface area contributed by atoms with Crippen LogP contribution in [-0.2, 0) is 11.3 Å². The quantitative estimate of drug-likeness (QED) is 0.405. The van der Waals surface area contributed by atoms with E-state index >= 15 is 0 Å². The van der Waals surface area contributed by atoms with Crippen molar-refractivity contribution in [2.75, 3.05) is 47.6 Å². The maximum absolute atomic E-state index is 13.5. The molecule has 1 amide bonds. The largest absolute Gasteiger partial charge is 0.397 e. The van der Waals surface area contributed by atoms with Gasteiger partial charge in [-0.3, -0.25) is 4.79 Å². The average molecular weight is 454 g/mol. The fraction of sp³-hybridized carbons (Fsp3) is 0.217. The van der Waals surface area contributed by atoms with Crippen LogP contribution in [0.5, 0.6) is 0 Å². The molecule has 1 aliphatic heterocycles. The Morgan fingerprint density at radius 3 is 2.48 bits per heavy atom. The lowest BCUT2D eigenvalue weighted by Crippen LogP contribution is -2.36. The molecule has 33 heavy (non-hydrogen) atoms. The summed E-state index contributed by atoms with van der Waals surface area (Å²) in [7, 11) is 0. The molecule has 0 aliphatic carbocycles. The number of nitrogens with two attached hydrogens (primary N) is 2. The van der Waals surface area contributed by atoms with Crippen LogP contribution in [0, 0.1) is 11.6 Å². The van der Waals surface area contributed by atoms with Gasteiger partial charge in [-0.15, -0.1) is 0 Å². The molecule has 2 heterocycles. The fourth-order valence-electron chi connectivity index (χ4n) is 3.59. The Bertz CT molecular complexity index is 1150. The zero-order valence-electron chi connectivity index (χ0n) is 17.8. The number of aromatic nitrogens is 1. The SMILES string of the molecule is NC(=O)c1cnc(Nc2cc(N3CCOCC3)ccc2N)cc1NCc1cc(F)cc(F)c1. The molecular formula is C23H24F2N6O2. The third-order valence-corrected chi connectivity index (χ3v) is 5.25. The molecular weight excluding hydrogens is 430 g/mol. The van der Waals surface area contributed by atoms with Crippen molar-refractivity contribution >= 4 is 34.5 Å². The molecule has 3 aromatic rings. The highest BCUT2D eigenvalue weighted by Crippen LogP contribution is 2.30. The molecule has 6 N–H and O–H groups in total. The van der Waals surface area contributed by atoms with Crippen LogP contribution in [0.25, 0.3) is 0 Å². The number of nitrogens with one attached hydrogen (secondary N) is 2. The number of benzene rings is 2. The van der Waals surface area contributed by atoms with E-state index in [0.29, 0.717) is 41.7 Å². The number of anilines is 5. The van der Waals surface area contributed by atoms with Crippen molar-refractivity contribution in [2.45, 2.75) is 6.54 Å². The van der Waals surface area contributed by atoms with Crippen LogP contribution in [0.15, 0.2) is 48.7 Å². The van der Waals surface area contributed by atoms with Gasteiger partial charge in [0.1, 0.15) is 17.5 Å². The highest BCUT2D eigenvalue weighted by Gasteiger charge is 2.15. The standard InChI is InChI=1S/C23H24F2N6O2/c24-15-7-14(8-16(25)9-15)12-28-20-11-22(29-13-18(20)23(27)32)30-21-10-17(1-2-19(21)26)31-3-5-33-6-4-31/h1-2,7-11,13H,3-6,12,26H2,(H2,27,32)(H2,28,29,30). The van der Waals surface area contributed by atoms with Gasteiger partial charge in [-0.25, -0.2) is 13.8 Å². The van der Waals surface area contributed by atoms with Crippen molar-refractivity contribution in [3.63, 3.8) is 0 Å². The molecule has 4 rings (SSSR count). The number of morpholine rings is 1. The van der Waals surface area contributed by atoms with Gasteiger partial charge in [0.05, 0.1) is 35.8 Å². The smallest absolute Gasteiger partial charge is 0.252 e. The van der Waals surface area contributed by atoms with Gasteiger partial charge in [0.2, 0.25) is 0 Å². The van der Waals surface area contributed by atoms with Gasteiger partial charge in [-0.2, -0.15) is 0 Å². The van der Waals surface area contributed by atoms with E-state index in [1.54, 1.807) is 6.07 Å². The first-order valence-electron chi connectivity index (χ1n) is 10.4. The minimum absolute atomic E-state index is 0.0765. The zero-order valence-corrected chi connectivity index (χ0v) is 17.8. The van der Waals surface area contributed by atoms with Crippen molar-refractivity contribution in [2.24, 2.45) is 5.73 Å². The molecule has 0 radical (unpaired) electrons. The Morgan fingerprint density at radius 1 is 1.06 bits per heavy atom. The number of hydrogen-bond acceptors (Lipinski definition) is 7. The van der Waals surface area contributed by atoms with Crippen LogP contribution in [0.4, 0.5) is 37.3 Å². The number of ether oxygens (including phenoxy) is 1. The van der Waals surface area contributed by atoms with Crippen LogP contribution in [0.2, 0.25) is 0 Å². The lowest BCUT2D eigenvalue weighted by molar-refractivity contribution is 0.100. The lowest BCUT2D eigenvalue weighted by Gasteiger charge is -2.29. The second kappa shape index (κ2) is 9.70. The zero-order chi connectivity index (χ0) is 23.4. The maximum Gasteiger partial charge on any atom is 0.252 e. The summed E-state index contributed by atoms with van der Waals surface area (Å²) in [6.07, 6.45) is 1.33. The summed E-state index contributed by atoms with van der Waals surface area (Å²) in [6.45, 7) is 2.96. The Kier molecular flexibility index (Phi) is 6.55. The Labute approximate surface area is 189 Å². The maximum atomic E-state index is 13.5. The number of carbonyl (C=O) groups is 1. The van der Waals surface area contributed by atoms with E-state index in [0.717, 1.165) is 24.8 Å². The van der Waals surface area contributed by atoms with Crippen LogP contribution in [-0.4, -0.2) is 37.2 Å². The highest BCUT2D eigenvalue weighted by atomic mass is 19.1. The third kappa shape index (κ3) is 5.47. The molecule has 0 bridgehead atoms. The number of pyridine rings is 1. The van der Waals surface area contributed by atoms with Gasteiger partial charge >= 0.3 is 0 Å². The molecule has 0 atom stereocenters. The Balaban J connectivity index is 1.56. The van der Waals surface area contributed by atoms with E-state index in [-0.39, 0.29) is 12.1 Å². The number of amides is 1. The van der Waals surface area contributed by atoms with E-state index in [9.17, 15) is 13.6 Å². The van der Waals surface area contributed by atoms with Crippen molar-refractivity contribution in [1.82, 2.24) is 4.98 Å². The normalized spacial score (nSPS) is 13.6. The summed E-state index contributed by atoms with van der Waals surface area (Å²) in [5.41, 5.74) is 14.7. The molecule has 0 spiro atoms. The average Bonchev–Trinajstić information content (AvgIpc) is 2.79. The van der Waals surface area contributed by atoms with E-state index in [2.05, 4.69) is 20.5 Å². The first kappa shape index (κ1) is 22.3. The summed E-state index contributed by atoms with van der Waals surface area (Å²) in [4.78, 5) is 18.3. The van der Waals surface area contributed by atoms with E-state index in [4.69, 9.17) is 16.2 Å². The predicted molar refractivity (Wildman–Crippen MR) is 124 cm³/mol. The number of rotatable bonds is 7. The number of carbonyl (C=O) groups excluding carboxylic acids is 1. The molecule has 1 aliphatic rings. The van der Waals surface area contributed by atoms with Gasteiger partial charge in [0, 0.05) is 43.7 Å². The summed E-state index contributed by atoms with van der Waals surface area (Å²) >= 11 is 0. The molecule has 8 nitrogen and oxygen atoms in total. The first-order valence-corrected chi connectivity index (χ1v) is 10.4. The number of halogens is 2. The van der Waals surface area contributed by atoms with Gasteiger partial charge in [-0.05, 0) is 35.9 Å². The molecule has 172 valence electrons. The second-order valence-electron chi connectivity index (χ2n) is 7.61. The Hall–Kier alpha value is -3.92. The molecule has 1 fully saturated rings. The fourth-order valence-corrected chi connectivity index (χ4v) is 3.59. The minimum Gasteiger partial charge on any atom is -0.397 e. The van der Waals surface area contributed by atoms with Crippen molar-refractivity contribution in [3.8, 4) is 0 Å². The number of primary amides is 1.